The van der Waals surface area contributed by atoms with Gasteiger partial charge >= 0.3 is 0 Å². The lowest BCUT2D eigenvalue weighted by Gasteiger charge is -2.31. The molecule has 2 heterocycles. The van der Waals surface area contributed by atoms with Crippen LogP contribution in [0.1, 0.15) is 0 Å². The third-order valence-corrected chi connectivity index (χ3v) is 8.33. The van der Waals surface area contributed by atoms with E-state index in [0.29, 0.717) is 0 Å². The van der Waals surface area contributed by atoms with Gasteiger partial charge in [0, 0.05) is 52.7 Å². The smallest absolute Gasteiger partial charge is 0.0501 e. The van der Waals surface area contributed by atoms with Crippen molar-refractivity contribution in [2.75, 3.05) is 11.9 Å². The SMILES string of the molecule is CN1c2cc(-c3ccccc3)ccc2-c2cc3c(c4cccc1c24)c1ccc(-c2ccccc2)cc1n3C. The summed E-state index contributed by atoms with van der Waals surface area (Å²) in [5, 5.41) is 5.29. The van der Waals surface area contributed by atoms with Crippen LogP contribution in [0.5, 0.6) is 0 Å². The summed E-state index contributed by atoms with van der Waals surface area (Å²) in [5.74, 6) is 0. The van der Waals surface area contributed by atoms with E-state index in [1.807, 2.05) is 0 Å². The first kappa shape index (κ1) is 21.3. The van der Waals surface area contributed by atoms with Crippen LogP contribution in [0.3, 0.4) is 0 Å². The predicted octanol–water partition coefficient (Wildman–Crippen LogP) is 9.57. The molecular weight excluding hydrogens is 460 g/mol. The van der Waals surface area contributed by atoms with Crippen molar-refractivity contribution in [3.8, 4) is 33.4 Å². The highest BCUT2D eigenvalue weighted by Gasteiger charge is 2.25. The van der Waals surface area contributed by atoms with E-state index in [9.17, 15) is 0 Å². The van der Waals surface area contributed by atoms with E-state index in [-0.39, 0.29) is 0 Å². The minimum absolute atomic E-state index is 1.24. The Bertz CT molecular complexity index is 2030. The molecule has 38 heavy (non-hydrogen) atoms. The van der Waals surface area contributed by atoms with Crippen molar-refractivity contribution in [3.05, 3.63) is 121 Å². The molecule has 180 valence electrons. The largest absolute Gasteiger partial charge is 0.344 e. The summed E-state index contributed by atoms with van der Waals surface area (Å²) in [6.07, 6.45) is 0. The lowest BCUT2D eigenvalue weighted by atomic mass is 9.88. The Labute approximate surface area is 222 Å². The van der Waals surface area contributed by atoms with Crippen LogP contribution in [0, 0.1) is 0 Å². The van der Waals surface area contributed by atoms with E-state index in [1.165, 1.54) is 77.3 Å². The number of hydrogen-bond donors (Lipinski definition) is 0. The first-order chi connectivity index (χ1) is 18.7. The Hall–Kier alpha value is -4.82. The summed E-state index contributed by atoms with van der Waals surface area (Å²) in [5.41, 5.74) is 12.6. The van der Waals surface area contributed by atoms with E-state index < -0.39 is 0 Å². The standard InChI is InChI=1S/C36H26N2/c1-37-31-15-9-14-29-35-28-19-17-26(24-12-7-4-8-13-24)21-33(28)38(2)34(35)22-30(36(29)31)27-18-16-25(20-32(27)37)23-10-5-3-6-11-23/h3-22H,1-2H3. The summed E-state index contributed by atoms with van der Waals surface area (Å²) in [6, 6.07) is 44.3. The van der Waals surface area contributed by atoms with Gasteiger partial charge in [-0.05, 0) is 57.5 Å². The first-order valence-electron chi connectivity index (χ1n) is 13.2. The molecule has 0 amide bonds. The molecule has 2 nitrogen and oxygen atoms in total. The lowest BCUT2D eigenvalue weighted by Crippen LogP contribution is -2.15. The maximum Gasteiger partial charge on any atom is 0.0501 e. The molecule has 0 aliphatic carbocycles. The predicted molar refractivity (Wildman–Crippen MR) is 162 cm³/mol. The van der Waals surface area contributed by atoms with Crippen LogP contribution in [-0.4, -0.2) is 11.6 Å². The quantitative estimate of drug-likeness (QED) is 0.236. The van der Waals surface area contributed by atoms with Crippen molar-refractivity contribution >= 4 is 44.0 Å². The number of aryl methyl sites for hydroxylation is 1. The van der Waals surface area contributed by atoms with Gasteiger partial charge in [-0.15, -0.1) is 0 Å². The Morgan fingerprint density at radius 3 is 1.84 bits per heavy atom. The van der Waals surface area contributed by atoms with Crippen LogP contribution >= 0.6 is 0 Å². The van der Waals surface area contributed by atoms with Gasteiger partial charge in [-0.1, -0.05) is 97.1 Å². The summed E-state index contributed by atoms with van der Waals surface area (Å²) in [4.78, 5) is 2.36. The van der Waals surface area contributed by atoms with E-state index >= 15 is 0 Å². The Morgan fingerprint density at radius 2 is 1.11 bits per heavy atom. The summed E-state index contributed by atoms with van der Waals surface area (Å²) < 4.78 is 2.37. The fraction of sp³-hybridized carbons (Fsp3) is 0.0556. The Balaban J connectivity index is 1.43. The number of rotatable bonds is 2. The molecule has 2 heteroatoms. The van der Waals surface area contributed by atoms with Gasteiger partial charge in [0.15, 0.2) is 0 Å². The van der Waals surface area contributed by atoms with Gasteiger partial charge < -0.3 is 9.47 Å². The second kappa shape index (κ2) is 7.84. The molecule has 0 fully saturated rings. The van der Waals surface area contributed by atoms with Crippen molar-refractivity contribution in [2.24, 2.45) is 7.05 Å². The number of nitrogens with zero attached hydrogens (tertiary/aromatic N) is 2. The van der Waals surface area contributed by atoms with Crippen molar-refractivity contribution in [3.63, 3.8) is 0 Å². The van der Waals surface area contributed by atoms with Gasteiger partial charge in [-0.2, -0.15) is 0 Å². The molecule has 0 atom stereocenters. The Kier molecular flexibility index (Phi) is 4.39. The average molecular weight is 487 g/mol. The van der Waals surface area contributed by atoms with Crippen LogP contribution in [0.2, 0.25) is 0 Å². The van der Waals surface area contributed by atoms with Crippen LogP contribution in [0.25, 0.3) is 66.0 Å². The molecule has 6 aromatic carbocycles. The van der Waals surface area contributed by atoms with Crippen LogP contribution in [0.15, 0.2) is 121 Å². The van der Waals surface area contributed by atoms with Gasteiger partial charge in [-0.25, -0.2) is 0 Å². The first-order valence-corrected chi connectivity index (χ1v) is 13.2. The van der Waals surface area contributed by atoms with Gasteiger partial charge in [0.1, 0.15) is 0 Å². The highest BCUT2D eigenvalue weighted by molar-refractivity contribution is 6.27. The van der Waals surface area contributed by atoms with Gasteiger partial charge in [0.25, 0.3) is 0 Å². The average Bonchev–Trinajstić information content (AvgIpc) is 3.27. The molecule has 0 N–H and O–H groups in total. The van der Waals surface area contributed by atoms with Crippen LogP contribution in [-0.2, 0) is 7.05 Å². The zero-order chi connectivity index (χ0) is 25.4. The minimum atomic E-state index is 1.24. The third-order valence-electron chi connectivity index (χ3n) is 8.33. The fourth-order valence-electron chi connectivity index (χ4n) is 6.43. The van der Waals surface area contributed by atoms with Crippen LogP contribution < -0.4 is 4.90 Å². The van der Waals surface area contributed by atoms with E-state index in [1.54, 1.807) is 0 Å². The number of anilines is 2. The molecule has 8 rings (SSSR count). The van der Waals surface area contributed by atoms with Crippen molar-refractivity contribution in [1.29, 1.82) is 0 Å². The normalized spacial score (nSPS) is 12.4. The highest BCUT2D eigenvalue weighted by atomic mass is 15.1. The molecule has 0 saturated heterocycles. The number of aromatic nitrogens is 1. The molecule has 1 aliphatic rings. The second-order valence-electron chi connectivity index (χ2n) is 10.3. The molecule has 1 aliphatic heterocycles. The molecule has 1 aromatic heterocycles. The second-order valence-corrected chi connectivity index (χ2v) is 10.3. The van der Waals surface area contributed by atoms with Crippen molar-refractivity contribution in [2.45, 2.75) is 0 Å². The van der Waals surface area contributed by atoms with E-state index in [0.717, 1.165) is 0 Å². The molecule has 0 saturated carbocycles. The highest BCUT2D eigenvalue weighted by Crippen LogP contribution is 2.51. The Morgan fingerprint density at radius 1 is 0.421 bits per heavy atom. The zero-order valence-electron chi connectivity index (χ0n) is 21.4. The molecule has 7 aromatic rings. The fourth-order valence-corrected chi connectivity index (χ4v) is 6.43. The van der Waals surface area contributed by atoms with Crippen molar-refractivity contribution < 1.29 is 0 Å². The molecule has 0 spiro atoms. The molecule has 0 unspecified atom stereocenters. The summed E-state index contributed by atoms with van der Waals surface area (Å²) in [6.45, 7) is 0. The van der Waals surface area contributed by atoms with Gasteiger partial charge in [0.05, 0.1) is 5.52 Å². The summed E-state index contributed by atoms with van der Waals surface area (Å²) in [7, 11) is 4.40. The maximum atomic E-state index is 2.41. The monoisotopic (exact) mass is 486 g/mol. The van der Waals surface area contributed by atoms with Crippen LogP contribution in [0.4, 0.5) is 11.4 Å². The molecule has 0 radical (unpaired) electrons. The number of benzene rings is 6. The maximum absolute atomic E-state index is 2.41. The third kappa shape index (κ3) is 2.89. The molecule has 0 bridgehead atoms. The molecular formula is C36H26N2. The van der Waals surface area contributed by atoms with Gasteiger partial charge in [-0.3, -0.25) is 0 Å². The number of hydrogen-bond acceptors (Lipinski definition) is 1. The topological polar surface area (TPSA) is 8.17 Å². The van der Waals surface area contributed by atoms with Crippen molar-refractivity contribution in [1.82, 2.24) is 4.57 Å². The van der Waals surface area contributed by atoms with Gasteiger partial charge in [0.2, 0.25) is 0 Å². The lowest BCUT2D eigenvalue weighted by molar-refractivity contribution is 1.01. The zero-order valence-corrected chi connectivity index (χ0v) is 21.4. The number of fused-ring (bicyclic) bond motifs is 6. The summed E-state index contributed by atoms with van der Waals surface area (Å²) >= 11 is 0. The minimum Gasteiger partial charge on any atom is -0.344 e. The van der Waals surface area contributed by atoms with E-state index in [4.69, 9.17) is 0 Å². The van der Waals surface area contributed by atoms with E-state index in [2.05, 4.69) is 145 Å².